The van der Waals surface area contributed by atoms with E-state index in [1.807, 2.05) is 4.90 Å². The van der Waals surface area contributed by atoms with E-state index in [1.165, 1.54) is 30.6 Å². The van der Waals surface area contributed by atoms with E-state index >= 15 is 0 Å². The Morgan fingerprint density at radius 2 is 2.05 bits per heavy atom. The molecule has 14 heteroatoms. The molecule has 224 valence electrons. The number of carbonyl (C=O) groups is 3. The van der Waals surface area contributed by atoms with Crippen LogP contribution in [0.1, 0.15) is 49.7 Å². The molecule has 0 amide bonds. The lowest BCUT2D eigenvalue weighted by molar-refractivity contribution is -0.158. The summed E-state index contributed by atoms with van der Waals surface area (Å²) in [6.07, 6.45) is 2.80. The van der Waals surface area contributed by atoms with Gasteiger partial charge in [-0.2, -0.15) is 0 Å². The van der Waals surface area contributed by atoms with Gasteiger partial charge in [0.2, 0.25) is 6.79 Å². The number of likely N-dealkylation sites (tertiary alicyclic amines) is 1. The van der Waals surface area contributed by atoms with Crippen LogP contribution < -0.4 is 5.32 Å². The highest BCUT2D eigenvalue weighted by atomic mass is 35.5. The van der Waals surface area contributed by atoms with E-state index in [4.69, 9.17) is 35.5 Å². The van der Waals surface area contributed by atoms with Crippen molar-refractivity contribution in [2.75, 3.05) is 27.0 Å². The van der Waals surface area contributed by atoms with E-state index in [2.05, 4.69) is 10.3 Å². The largest absolute Gasteiger partial charge is 0.511 e. The molecule has 2 fully saturated rings. The summed E-state index contributed by atoms with van der Waals surface area (Å²) in [7, 11) is 1.26. The molecule has 1 aromatic carbocycles. The third-order valence-corrected chi connectivity index (χ3v) is 8.44. The molecule has 5 rings (SSSR count). The normalized spacial score (nSPS) is 21.1. The van der Waals surface area contributed by atoms with E-state index in [-0.39, 0.29) is 28.7 Å². The van der Waals surface area contributed by atoms with E-state index in [0.717, 1.165) is 18.9 Å². The third-order valence-electron chi connectivity index (χ3n) is 7.33. The molecule has 2 atom stereocenters. The second-order valence-corrected chi connectivity index (χ2v) is 12.0. The monoisotopic (exact) mass is 620 g/mol. The zero-order valence-electron chi connectivity index (χ0n) is 23.2. The van der Waals surface area contributed by atoms with Crippen LogP contribution in [0.5, 0.6) is 0 Å². The van der Waals surface area contributed by atoms with Crippen LogP contribution in [0.4, 0.5) is 9.18 Å². The molecule has 1 saturated heterocycles. The van der Waals surface area contributed by atoms with Gasteiger partial charge in [-0.05, 0) is 50.7 Å². The fraction of sp³-hybridized carbons (Fsp3) is 0.464. The number of esters is 2. The van der Waals surface area contributed by atoms with Crippen LogP contribution in [0.2, 0.25) is 5.02 Å². The smallest absolute Gasteiger partial charge is 0.466 e. The Labute approximate surface area is 250 Å². The molecule has 2 aliphatic heterocycles. The first-order valence-electron chi connectivity index (χ1n) is 13.3. The second-order valence-electron chi connectivity index (χ2n) is 10.7. The molecule has 0 radical (unpaired) electrons. The molecule has 1 N–H and O–H groups in total. The number of methoxy groups -OCH3 is 1. The fourth-order valence-corrected chi connectivity index (χ4v) is 6.07. The summed E-state index contributed by atoms with van der Waals surface area (Å²) < 4.78 is 34.2. The minimum atomic E-state index is -0.932. The number of aliphatic imine (C=N–C) groups is 1. The Morgan fingerprint density at radius 3 is 2.69 bits per heavy atom. The number of ether oxygens (including phenoxy) is 4. The van der Waals surface area contributed by atoms with E-state index in [9.17, 15) is 18.8 Å². The topological polar surface area (TPSA) is 129 Å². The first kappa shape index (κ1) is 29.9. The zero-order valence-corrected chi connectivity index (χ0v) is 24.8. The van der Waals surface area contributed by atoms with E-state index < -0.39 is 42.8 Å². The van der Waals surface area contributed by atoms with Gasteiger partial charge in [0.25, 0.3) is 0 Å². The molecule has 11 nitrogen and oxygen atoms in total. The van der Waals surface area contributed by atoms with Crippen molar-refractivity contribution in [2.45, 2.75) is 51.3 Å². The number of rotatable bonds is 9. The van der Waals surface area contributed by atoms with Gasteiger partial charge in [0, 0.05) is 40.9 Å². The molecule has 2 aromatic rings. The minimum Gasteiger partial charge on any atom is -0.466 e. The number of carbonyl (C=O) groups excluding carboxylic acids is 3. The van der Waals surface area contributed by atoms with Crippen molar-refractivity contribution in [3.8, 4) is 0 Å². The van der Waals surface area contributed by atoms with Gasteiger partial charge in [0.1, 0.15) is 17.9 Å². The van der Waals surface area contributed by atoms with Crippen LogP contribution in [0.25, 0.3) is 0 Å². The average Bonchev–Trinajstić information content (AvgIpc) is 3.30. The van der Waals surface area contributed by atoms with Gasteiger partial charge in [-0.25, -0.2) is 19.0 Å². The summed E-state index contributed by atoms with van der Waals surface area (Å²) in [6.45, 7) is 3.50. The number of hydrogen-bond donors (Lipinski definition) is 1. The van der Waals surface area contributed by atoms with Crippen LogP contribution in [-0.2, 0) is 28.5 Å². The van der Waals surface area contributed by atoms with Crippen LogP contribution in [-0.4, -0.2) is 73.0 Å². The maximum Gasteiger partial charge on any atom is 0.511 e. The minimum absolute atomic E-state index is 0.0341. The molecule has 42 heavy (non-hydrogen) atoms. The second kappa shape index (κ2) is 12.4. The van der Waals surface area contributed by atoms with Gasteiger partial charge in [-0.1, -0.05) is 17.7 Å². The maximum absolute atomic E-state index is 13.9. The number of halogens is 2. The van der Waals surface area contributed by atoms with Gasteiger partial charge < -0.3 is 24.3 Å². The molecule has 3 aliphatic rings. The molecule has 1 aromatic heterocycles. The van der Waals surface area contributed by atoms with Crippen molar-refractivity contribution in [3.05, 3.63) is 62.5 Å². The Morgan fingerprint density at radius 1 is 1.26 bits per heavy atom. The quantitative estimate of drug-likeness (QED) is 0.245. The lowest BCUT2D eigenvalue weighted by atomic mass is 9.95. The van der Waals surface area contributed by atoms with Gasteiger partial charge >= 0.3 is 18.1 Å². The lowest BCUT2D eigenvalue weighted by Gasteiger charge is -2.31. The summed E-state index contributed by atoms with van der Waals surface area (Å²) in [6, 6.07) is 2.31. The molecule has 1 spiro atoms. The lowest BCUT2D eigenvalue weighted by Crippen LogP contribution is -2.44. The molecule has 1 aliphatic carbocycles. The predicted octanol–water partition coefficient (Wildman–Crippen LogP) is 4.37. The van der Waals surface area contributed by atoms with E-state index in [0.29, 0.717) is 35.1 Å². The molecule has 1 saturated carbocycles. The maximum atomic E-state index is 13.9. The number of hydrogen-bond acceptors (Lipinski definition) is 12. The Bertz CT molecular complexity index is 1430. The van der Waals surface area contributed by atoms with Crippen LogP contribution >= 0.6 is 22.9 Å². The van der Waals surface area contributed by atoms with Crippen molar-refractivity contribution in [1.82, 2.24) is 15.2 Å². The highest BCUT2D eigenvalue weighted by Gasteiger charge is 2.54. The summed E-state index contributed by atoms with van der Waals surface area (Å²) >= 11 is 7.79. The number of thiazole rings is 1. The van der Waals surface area contributed by atoms with Crippen LogP contribution in [0.15, 0.2) is 46.0 Å². The van der Waals surface area contributed by atoms with Crippen LogP contribution in [0.3, 0.4) is 0 Å². The number of nitrogens with one attached hydrogen (secondary N) is 1. The SMILES string of the molecule is COC(=O)C1=C(CN2CC3(CC3)C[C@H]2C(=O)OCOC(=O)OC(C)C)NC(c2nccs2)=NC1c1ccc(F)cc1Cl. The molecule has 1 unspecified atom stereocenters. The highest BCUT2D eigenvalue weighted by molar-refractivity contribution is 7.11. The number of nitrogens with zero attached hydrogens (tertiary/aromatic N) is 3. The highest BCUT2D eigenvalue weighted by Crippen LogP contribution is 2.55. The Hall–Kier alpha value is -3.55. The van der Waals surface area contributed by atoms with Gasteiger partial charge in [-0.3, -0.25) is 14.7 Å². The molecule has 0 bridgehead atoms. The van der Waals surface area contributed by atoms with Gasteiger partial charge in [-0.15, -0.1) is 11.3 Å². The van der Waals surface area contributed by atoms with Crippen molar-refractivity contribution in [2.24, 2.45) is 10.4 Å². The number of aromatic nitrogens is 1. The molecule has 3 heterocycles. The third kappa shape index (κ3) is 6.58. The average molecular weight is 621 g/mol. The summed E-state index contributed by atoms with van der Waals surface area (Å²) in [5, 5.41) is 5.70. The number of amidine groups is 1. The summed E-state index contributed by atoms with van der Waals surface area (Å²) in [5.41, 5.74) is 0.996. The van der Waals surface area contributed by atoms with Gasteiger partial charge in [0.05, 0.1) is 18.8 Å². The van der Waals surface area contributed by atoms with Crippen LogP contribution in [0, 0.1) is 11.2 Å². The van der Waals surface area contributed by atoms with Crippen molar-refractivity contribution >= 4 is 46.9 Å². The first-order chi connectivity index (χ1) is 20.1. The first-order valence-corrected chi connectivity index (χ1v) is 14.6. The molecular weight excluding hydrogens is 591 g/mol. The fourth-order valence-electron chi connectivity index (χ4n) is 5.21. The number of benzene rings is 1. The predicted molar refractivity (Wildman–Crippen MR) is 150 cm³/mol. The van der Waals surface area contributed by atoms with Gasteiger partial charge in [0.15, 0.2) is 10.8 Å². The van der Waals surface area contributed by atoms with Crippen molar-refractivity contribution in [1.29, 1.82) is 0 Å². The Kier molecular flexibility index (Phi) is 8.81. The van der Waals surface area contributed by atoms with Crippen molar-refractivity contribution < 1.29 is 37.7 Å². The van der Waals surface area contributed by atoms with E-state index in [1.54, 1.807) is 25.4 Å². The molecular formula is C28H30ClFN4O7S. The van der Waals surface area contributed by atoms with Crippen molar-refractivity contribution in [3.63, 3.8) is 0 Å². The zero-order chi connectivity index (χ0) is 30.0. The standard InChI is InChI=1S/C28H30ClFN4O7S/c1-15(2)41-27(37)40-14-39-25(35)20-11-28(6-7-28)13-34(20)12-19-21(26(36)38-3)22(17-5-4-16(30)10-18(17)29)33-23(32-19)24-31-8-9-42-24/h4-5,8-10,15,20,22H,6-7,11-14H2,1-3H3,(H,32,33)/t20-,22?/m0/s1. The summed E-state index contributed by atoms with van der Waals surface area (Å²) in [4.78, 5) is 49.2. The Balaban J connectivity index is 1.45. The summed E-state index contributed by atoms with van der Waals surface area (Å²) in [5.74, 6) is -1.34.